The van der Waals surface area contributed by atoms with Crippen molar-refractivity contribution >= 4 is 23.5 Å². The van der Waals surface area contributed by atoms with Crippen molar-refractivity contribution in [3.05, 3.63) is 29.0 Å². The van der Waals surface area contributed by atoms with E-state index in [2.05, 4.69) is 10.3 Å². The molecule has 6 heteroatoms. The third kappa shape index (κ3) is 2.71. The van der Waals surface area contributed by atoms with Crippen LogP contribution in [0, 0.1) is 5.41 Å². The second-order valence-electron chi connectivity index (χ2n) is 5.01. The zero-order valence-corrected chi connectivity index (χ0v) is 11.3. The van der Waals surface area contributed by atoms with Gasteiger partial charge in [-0.25, -0.2) is 4.98 Å². The highest BCUT2D eigenvalue weighted by Gasteiger charge is 2.45. The quantitative estimate of drug-likeness (QED) is 0.832. The average Bonchev–Trinajstić information content (AvgIpc) is 2.73. The van der Waals surface area contributed by atoms with E-state index in [1.807, 2.05) is 0 Å². The number of pyridine rings is 1. The van der Waals surface area contributed by atoms with E-state index in [9.17, 15) is 14.7 Å². The van der Waals surface area contributed by atoms with E-state index < -0.39 is 11.4 Å². The molecule has 0 spiro atoms. The molecule has 1 heterocycles. The largest absolute Gasteiger partial charge is 0.481 e. The Balaban J connectivity index is 2.10. The van der Waals surface area contributed by atoms with E-state index in [-0.39, 0.29) is 11.9 Å². The van der Waals surface area contributed by atoms with Crippen molar-refractivity contribution in [3.63, 3.8) is 0 Å². The molecule has 1 amide bonds. The molecule has 1 aliphatic rings. The molecule has 2 N–H and O–H groups in total. The van der Waals surface area contributed by atoms with E-state index in [1.165, 1.54) is 12.3 Å². The highest BCUT2D eigenvalue weighted by Crippen LogP contribution is 2.38. The van der Waals surface area contributed by atoms with Gasteiger partial charge in [0.2, 0.25) is 0 Å². The smallest absolute Gasteiger partial charge is 0.311 e. The van der Waals surface area contributed by atoms with Gasteiger partial charge in [-0.1, -0.05) is 18.0 Å². The molecular formula is C13H15ClN2O3. The van der Waals surface area contributed by atoms with Crippen LogP contribution in [0.15, 0.2) is 18.3 Å². The Morgan fingerprint density at radius 2 is 2.26 bits per heavy atom. The summed E-state index contributed by atoms with van der Waals surface area (Å²) >= 11 is 5.65. The number of carboxylic acid groups (broad SMARTS) is 1. The number of hydrogen-bond acceptors (Lipinski definition) is 3. The first kappa shape index (κ1) is 13.8. The molecule has 5 nitrogen and oxygen atoms in total. The van der Waals surface area contributed by atoms with Gasteiger partial charge in [-0.05, 0) is 31.9 Å². The summed E-state index contributed by atoms with van der Waals surface area (Å²) in [6.07, 6.45) is 3.43. The lowest BCUT2D eigenvalue weighted by Gasteiger charge is -2.27. The van der Waals surface area contributed by atoms with Gasteiger partial charge in [-0.2, -0.15) is 0 Å². The van der Waals surface area contributed by atoms with Crippen molar-refractivity contribution < 1.29 is 14.7 Å². The van der Waals surface area contributed by atoms with Crippen LogP contribution in [0.2, 0.25) is 5.15 Å². The Kier molecular flexibility index (Phi) is 3.75. The first-order valence-corrected chi connectivity index (χ1v) is 6.47. The van der Waals surface area contributed by atoms with Crippen molar-refractivity contribution in [2.24, 2.45) is 5.41 Å². The van der Waals surface area contributed by atoms with Gasteiger partial charge < -0.3 is 10.4 Å². The number of carbonyl (C=O) groups excluding carboxylic acids is 1. The van der Waals surface area contributed by atoms with E-state index in [4.69, 9.17) is 11.6 Å². The molecule has 1 aromatic rings. The number of carbonyl (C=O) groups is 2. The summed E-state index contributed by atoms with van der Waals surface area (Å²) < 4.78 is 0. The lowest BCUT2D eigenvalue weighted by atomic mass is 9.85. The SMILES string of the molecule is CC1(C(=O)O)CCCC1NC(=O)c1ccc(Cl)nc1. The number of amides is 1. The number of carboxylic acids is 1. The van der Waals surface area contributed by atoms with Gasteiger partial charge in [0.05, 0.1) is 11.0 Å². The van der Waals surface area contributed by atoms with Crippen LogP contribution in [-0.4, -0.2) is 28.0 Å². The fourth-order valence-corrected chi connectivity index (χ4v) is 2.52. The number of aromatic nitrogens is 1. The molecule has 2 rings (SSSR count). The van der Waals surface area contributed by atoms with Crippen LogP contribution in [-0.2, 0) is 4.79 Å². The van der Waals surface area contributed by atoms with Crippen molar-refractivity contribution in [1.82, 2.24) is 10.3 Å². The van der Waals surface area contributed by atoms with Crippen LogP contribution in [0.4, 0.5) is 0 Å². The van der Waals surface area contributed by atoms with Gasteiger partial charge in [0, 0.05) is 12.2 Å². The maximum atomic E-state index is 12.0. The molecule has 0 aliphatic heterocycles. The summed E-state index contributed by atoms with van der Waals surface area (Å²) in [6, 6.07) is 2.74. The second kappa shape index (κ2) is 5.17. The zero-order valence-electron chi connectivity index (χ0n) is 10.5. The van der Waals surface area contributed by atoms with E-state index in [0.717, 1.165) is 6.42 Å². The van der Waals surface area contributed by atoms with Crippen LogP contribution in [0.5, 0.6) is 0 Å². The second-order valence-corrected chi connectivity index (χ2v) is 5.40. The van der Waals surface area contributed by atoms with Crippen molar-refractivity contribution in [2.45, 2.75) is 32.2 Å². The molecule has 0 aromatic carbocycles. The summed E-state index contributed by atoms with van der Waals surface area (Å²) in [5.41, 5.74) is -0.515. The van der Waals surface area contributed by atoms with E-state index in [1.54, 1.807) is 13.0 Å². The molecule has 0 radical (unpaired) electrons. The maximum Gasteiger partial charge on any atom is 0.311 e. The number of nitrogens with one attached hydrogen (secondary N) is 1. The summed E-state index contributed by atoms with van der Waals surface area (Å²) in [6.45, 7) is 1.67. The fourth-order valence-electron chi connectivity index (χ4n) is 2.41. The molecule has 1 saturated carbocycles. The molecule has 102 valence electrons. The van der Waals surface area contributed by atoms with Gasteiger partial charge in [0.1, 0.15) is 5.15 Å². The highest BCUT2D eigenvalue weighted by atomic mass is 35.5. The summed E-state index contributed by atoms with van der Waals surface area (Å²) in [4.78, 5) is 27.2. The molecule has 0 bridgehead atoms. The van der Waals surface area contributed by atoms with Crippen LogP contribution >= 0.6 is 11.6 Å². The van der Waals surface area contributed by atoms with Gasteiger partial charge in [0.25, 0.3) is 5.91 Å². The number of hydrogen-bond donors (Lipinski definition) is 2. The minimum atomic E-state index is -0.893. The lowest BCUT2D eigenvalue weighted by Crippen LogP contribution is -2.47. The Morgan fingerprint density at radius 1 is 1.53 bits per heavy atom. The molecule has 1 aliphatic carbocycles. The monoisotopic (exact) mass is 282 g/mol. The normalized spacial score (nSPS) is 26.1. The van der Waals surface area contributed by atoms with Gasteiger partial charge in [-0.3, -0.25) is 9.59 Å². The number of nitrogens with zero attached hydrogens (tertiary/aromatic N) is 1. The first-order chi connectivity index (χ1) is 8.93. The van der Waals surface area contributed by atoms with Gasteiger partial charge in [-0.15, -0.1) is 0 Å². The van der Waals surface area contributed by atoms with Gasteiger partial charge in [0.15, 0.2) is 0 Å². The minimum Gasteiger partial charge on any atom is -0.481 e. The third-order valence-electron chi connectivity index (χ3n) is 3.74. The topological polar surface area (TPSA) is 79.3 Å². The molecule has 1 fully saturated rings. The minimum absolute atomic E-state index is 0.313. The van der Waals surface area contributed by atoms with Crippen molar-refractivity contribution in [3.8, 4) is 0 Å². The Hall–Kier alpha value is -1.62. The molecular weight excluding hydrogens is 268 g/mol. The summed E-state index contributed by atoms with van der Waals surface area (Å²) in [7, 11) is 0. The standard InChI is InChI=1S/C13H15ClN2O3/c1-13(12(18)19)6-2-3-9(13)16-11(17)8-4-5-10(14)15-7-8/h4-5,7,9H,2-3,6H2,1H3,(H,16,17)(H,18,19). The number of rotatable bonds is 3. The van der Waals surface area contributed by atoms with E-state index in [0.29, 0.717) is 23.6 Å². The third-order valence-corrected chi connectivity index (χ3v) is 3.97. The van der Waals surface area contributed by atoms with Crippen LogP contribution in [0.3, 0.4) is 0 Å². The summed E-state index contributed by atoms with van der Waals surface area (Å²) in [5, 5.41) is 12.4. The number of aliphatic carboxylic acids is 1. The first-order valence-electron chi connectivity index (χ1n) is 6.09. The predicted octanol–water partition coefficient (Wildman–Crippen LogP) is 2.11. The molecule has 2 unspecified atom stereocenters. The van der Waals surface area contributed by atoms with Gasteiger partial charge >= 0.3 is 5.97 Å². The Labute approximate surface area is 116 Å². The van der Waals surface area contributed by atoms with Crippen molar-refractivity contribution in [2.75, 3.05) is 0 Å². The highest BCUT2D eigenvalue weighted by molar-refractivity contribution is 6.29. The molecule has 0 saturated heterocycles. The fraction of sp³-hybridized carbons (Fsp3) is 0.462. The van der Waals surface area contributed by atoms with Crippen LogP contribution in [0.25, 0.3) is 0 Å². The average molecular weight is 283 g/mol. The number of halogens is 1. The Morgan fingerprint density at radius 3 is 2.84 bits per heavy atom. The zero-order chi connectivity index (χ0) is 14.0. The molecule has 19 heavy (non-hydrogen) atoms. The van der Waals surface area contributed by atoms with Crippen molar-refractivity contribution in [1.29, 1.82) is 0 Å². The van der Waals surface area contributed by atoms with Crippen LogP contribution in [0.1, 0.15) is 36.5 Å². The molecule has 1 aromatic heterocycles. The van der Waals surface area contributed by atoms with E-state index >= 15 is 0 Å². The predicted molar refractivity (Wildman–Crippen MR) is 70.1 cm³/mol. The maximum absolute atomic E-state index is 12.0. The lowest BCUT2D eigenvalue weighted by molar-refractivity contribution is -0.148. The molecule has 2 atom stereocenters. The van der Waals surface area contributed by atoms with Crippen LogP contribution < -0.4 is 5.32 Å². The Bertz CT molecular complexity index is 503. The summed E-state index contributed by atoms with van der Waals surface area (Å²) in [5.74, 6) is -1.19.